The smallest absolute Gasteiger partial charge is 0.254 e. The van der Waals surface area contributed by atoms with Gasteiger partial charge in [0.2, 0.25) is 0 Å². The normalized spacial score (nSPS) is 32.4. The van der Waals surface area contributed by atoms with Crippen LogP contribution in [0.1, 0.15) is 24.3 Å². The first kappa shape index (κ1) is 13.5. The topological polar surface area (TPSA) is 76.3 Å². The number of fused-ring (bicyclic) bond motifs is 1. The largest absolute Gasteiger partial charge is 0.328 e. The van der Waals surface area contributed by atoms with Gasteiger partial charge in [-0.2, -0.15) is 4.31 Å². The molecule has 19 heavy (non-hydrogen) atoms. The maximum absolute atomic E-state index is 12.5. The van der Waals surface area contributed by atoms with Crippen molar-refractivity contribution in [3.8, 4) is 0 Å². The lowest BCUT2D eigenvalue weighted by Crippen LogP contribution is -2.32. The Labute approximate surface area is 117 Å². The molecule has 2 heterocycles. The Morgan fingerprint density at radius 3 is 2.79 bits per heavy atom. The van der Waals surface area contributed by atoms with Crippen LogP contribution in [0.4, 0.5) is 0 Å². The Balaban J connectivity index is 1.80. The van der Waals surface area contributed by atoms with Crippen LogP contribution in [0.5, 0.6) is 0 Å². The van der Waals surface area contributed by atoms with Crippen molar-refractivity contribution in [2.75, 3.05) is 13.1 Å². The summed E-state index contributed by atoms with van der Waals surface area (Å²) in [6.45, 7) is 3.10. The summed E-state index contributed by atoms with van der Waals surface area (Å²) in [6, 6.07) is 0.245. The minimum absolute atomic E-state index is 0.245. The van der Waals surface area contributed by atoms with Crippen LogP contribution < -0.4 is 5.73 Å². The molecule has 3 rings (SSSR count). The predicted molar refractivity (Wildman–Crippen MR) is 74.4 cm³/mol. The zero-order valence-corrected chi connectivity index (χ0v) is 12.6. The molecule has 7 heteroatoms. The zero-order valence-electron chi connectivity index (χ0n) is 10.9. The molecule has 1 aromatic rings. The summed E-state index contributed by atoms with van der Waals surface area (Å²) >= 11 is 1.25. The summed E-state index contributed by atoms with van der Waals surface area (Å²) in [7, 11) is -3.35. The summed E-state index contributed by atoms with van der Waals surface area (Å²) in [5.74, 6) is 0.927. The molecule has 2 fully saturated rings. The molecule has 2 N–H and O–H groups in total. The van der Waals surface area contributed by atoms with Crippen LogP contribution in [0.15, 0.2) is 10.4 Å². The molecule has 1 aliphatic heterocycles. The van der Waals surface area contributed by atoms with Gasteiger partial charge in [-0.25, -0.2) is 13.4 Å². The molecule has 2 aliphatic rings. The van der Waals surface area contributed by atoms with Crippen LogP contribution in [-0.4, -0.2) is 36.8 Å². The number of nitrogens with two attached hydrogens (primary N) is 1. The third-order valence-electron chi connectivity index (χ3n) is 4.25. The van der Waals surface area contributed by atoms with Gasteiger partial charge >= 0.3 is 0 Å². The van der Waals surface area contributed by atoms with E-state index in [-0.39, 0.29) is 6.04 Å². The number of hydrogen-bond acceptors (Lipinski definition) is 5. The van der Waals surface area contributed by atoms with Crippen molar-refractivity contribution in [3.63, 3.8) is 0 Å². The van der Waals surface area contributed by atoms with Gasteiger partial charge in [0.05, 0.1) is 11.2 Å². The third-order valence-corrected chi connectivity index (χ3v) is 7.43. The standard InChI is InChI=1S/C12H19N3O2S2/c1-8-14-5-12(18-8)19(16,17)15-6-9-2-3-11(13)4-10(9)7-15/h5,9-11H,2-4,6-7,13H2,1H3/t9-,10+,11?/m1/s1. The monoisotopic (exact) mass is 301 g/mol. The van der Waals surface area contributed by atoms with Gasteiger partial charge in [-0.3, -0.25) is 0 Å². The van der Waals surface area contributed by atoms with E-state index in [0.29, 0.717) is 29.1 Å². The molecule has 3 atom stereocenters. The molecule has 1 saturated heterocycles. The van der Waals surface area contributed by atoms with E-state index in [2.05, 4.69) is 4.98 Å². The molecule has 0 amide bonds. The number of aryl methyl sites for hydroxylation is 1. The maximum Gasteiger partial charge on any atom is 0.254 e. The fourth-order valence-electron chi connectivity index (χ4n) is 3.21. The molecule has 0 radical (unpaired) electrons. The van der Waals surface area contributed by atoms with Crippen LogP contribution in [0.25, 0.3) is 0 Å². The first-order valence-electron chi connectivity index (χ1n) is 6.65. The highest BCUT2D eigenvalue weighted by Gasteiger charge is 2.42. The molecule has 1 aromatic heterocycles. The summed E-state index contributed by atoms with van der Waals surface area (Å²) in [5.41, 5.74) is 5.98. The minimum Gasteiger partial charge on any atom is -0.328 e. The quantitative estimate of drug-likeness (QED) is 0.890. The summed E-state index contributed by atoms with van der Waals surface area (Å²) in [6.07, 6.45) is 4.51. The van der Waals surface area contributed by atoms with Crippen molar-refractivity contribution < 1.29 is 8.42 Å². The van der Waals surface area contributed by atoms with Crippen LogP contribution in [0.2, 0.25) is 0 Å². The second kappa shape index (κ2) is 4.80. The number of thiazole rings is 1. The van der Waals surface area contributed by atoms with Crippen LogP contribution in [0, 0.1) is 18.8 Å². The number of rotatable bonds is 2. The van der Waals surface area contributed by atoms with E-state index in [1.165, 1.54) is 17.5 Å². The van der Waals surface area contributed by atoms with E-state index in [9.17, 15) is 8.42 Å². The minimum atomic E-state index is -3.35. The molecule has 0 bridgehead atoms. The van der Waals surface area contributed by atoms with Gasteiger partial charge in [-0.15, -0.1) is 11.3 Å². The number of sulfonamides is 1. The second-order valence-corrected chi connectivity index (χ2v) is 9.01. The lowest BCUT2D eigenvalue weighted by atomic mass is 9.79. The van der Waals surface area contributed by atoms with Crippen molar-refractivity contribution in [1.29, 1.82) is 0 Å². The first-order valence-corrected chi connectivity index (χ1v) is 8.90. The molecule has 0 aromatic carbocycles. The van der Waals surface area contributed by atoms with Crippen molar-refractivity contribution >= 4 is 21.4 Å². The van der Waals surface area contributed by atoms with Gasteiger partial charge < -0.3 is 5.73 Å². The van der Waals surface area contributed by atoms with Gasteiger partial charge in [0.1, 0.15) is 0 Å². The highest BCUT2D eigenvalue weighted by atomic mass is 32.2. The lowest BCUT2D eigenvalue weighted by Gasteiger charge is -2.28. The second-order valence-electron chi connectivity index (χ2n) is 5.61. The molecular formula is C12H19N3O2S2. The maximum atomic E-state index is 12.5. The Kier molecular flexibility index (Phi) is 3.41. The average molecular weight is 301 g/mol. The number of hydrogen-bond donors (Lipinski definition) is 1. The zero-order chi connectivity index (χ0) is 13.6. The number of aromatic nitrogens is 1. The molecular weight excluding hydrogens is 282 g/mol. The van der Waals surface area contributed by atoms with Gasteiger partial charge in [-0.05, 0) is 38.0 Å². The van der Waals surface area contributed by atoms with E-state index in [1.807, 2.05) is 6.92 Å². The average Bonchev–Trinajstić information content (AvgIpc) is 2.95. The third kappa shape index (κ3) is 2.44. The summed E-state index contributed by atoms with van der Waals surface area (Å²) < 4.78 is 27.1. The molecule has 0 spiro atoms. The fourth-order valence-corrected chi connectivity index (χ4v) is 6.03. The SMILES string of the molecule is Cc1ncc(S(=O)(=O)N2C[C@H]3CCC(N)C[C@H]3C2)s1. The van der Waals surface area contributed by atoms with E-state index in [0.717, 1.165) is 24.3 Å². The van der Waals surface area contributed by atoms with Crippen molar-refractivity contribution in [1.82, 2.24) is 9.29 Å². The van der Waals surface area contributed by atoms with Gasteiger partial charge in [0.25, 0.3) is 10.0 Å². The molecule has 1 unspecified atom stereocenters. The van der Waals surface area contributed by atoms with Crippen LogP contribution in [0.3, 0.4) is 0 Å². The van der Waals surface area contributed by atoms with Crippen molar-refractivity contribution in [2.24, 2.45) is 17.6 Å². The first-order chi connectivity index (χ1) is 8.96. The molecule has 5 nitrogen and oxygen atoms in total. The van der Waals surface area contributed by atoms with Gasteiger partial charge in [-0.1, -0.05) is 0 Å². The van der Waals surface area contributed by atoms with E-state index < -0.39 is 10.0 Å². The van der Waals surface area contributed by atoms with Crippen LogP contribution >= 0.6 is 11.3 Å². The van der Waals surface area contributed by atoms with Gasteiger partial charge in [0.15, 0.2) is 4.21 Å². The molecule has 1 saturated carbocycles. The molecule has 106 valence electrons. The van der Waals surface area contributed by atoms with Gasteiger partial charge in [0, 0.05) is 19.1 Å². The summed E-state index contributed by atoms with van der Waals surface area (Å²) in [5, 5.41) is 0.789. The highest BCUT2D eigenvalue weighted by Crippen LogP contribution is 2.38. The van der Waals surface area contributed by atoms with Crippen LogP contribution in [-0.2, 0) is 10.0 Å². The Bertz CT molecular complexity index is 569. The van der Waals surface area contributed by atoms with E-state index in [1.54, 1.807) is 4.31 Å². The van der Waals surface area contributed by atoms with E-state index >= 15 is 0 Å². The summed E-state index contributed by atoms with van der Waals surface area (Å²) in [4.78, 5) is 4.05. The Hall–Kier alpha value is -0.500. The highest BCUT2D eigenvalue weighted by molar-refractivity contribution is 7.91. The lowest BCUT2D eigenvalue weighted by molar-refractivity contribution is 0.271. The Morgan fingerprint density at radius 2 is 2.11 bits per heavy atom. The van der Waals surface area contributed by atoms with E-state index in [4.69, 9.17) is 5.73 Å². The number of nitrogens with zero attached hydrogens (tertiary/aromatic N) is 2. The van der Waals surface area contributed by atoms with Crippen molar-refractivity contribution in [2.45, 2.75) is 36.4 Å². The molecule has 1 aliphatic carbocycles. The van der Waals surface area contributed by atoms with Crippen molar-refractivity contribution in [3.05, 3.63) is 11.2 Å². The fraction of sp³-hybridized carbons (Fsp3) is 0.750. The Morgan fingerprint density at radius 1 is 1.37 bits per heavy atom. The predicted octanol–water partition coefficient (Wildman–Crippen LogP) is 1.20.